The van der Waals surface area contributed by atoms with Crippen molar-refractivity contribution in [3.05, 3.63) is 0 Å². The van der Waals surface area contributed by atoms with Crippen molar-refractivity contribution in [2.45, 2.75) is 39.0 Å². The quantitative estimate of drug-likeness (QED) is 0.522. The number of carbonyl (C=O) groups excluding carboxylic acids is 1. The first kappa shape index (κ1) is 13.7. The van der Waals surface area contributed by atoms with Gasteiger partial charge in [0.15, 0.2) is 0 Å². The first-order valence-electron chi connectivity index (χ1n) is 5.13. The van der Waals surface area contributed by atoms with Gasteiger partial charge in [-0.15, -0.1) is 0 Å². The number of thioether (sulfide) groups is 1. The number of hydrogen-bond donors (Lipinski definition) is 0. The van der Waals surface area contributed by atoms with Gasteiger partial charge in [0.2, 0.25) is 6.08 Å². The molecule has 1 rings (SSSR count). The van der Waals surface area contributed by atoms with E-state index in [4.69, 9.17) is 4.79 Å². The fourth-order valence-electron chi connectivity index (χ4n) is 1.90. The summed E-state index contributed by atoms with van der Waals surface area (Å²) in [7, 11) is 1.38. The molecule has 1 saturated carbocycles. The third-order valence-corrected chi connectivity index (χ3v) is 3.63. The highest BCUT2D eigenvalue weighted by molar-refractivity contribution is 7.98. The second-order valence-corrected chi connectivity index (χ2v) is 4.99. The minimum atomic E-state index is 0.692. The summed E-state index contributed by atoms with van der Waals surface area (Å²) in [6.45, 7) is 2.45. The van der Waals surface area contributed by atoms with Gasteiger partial charge in [-0.2, -0.15) is 11.8 Å². The summed E-state index contributed by atoms with van der Waals surface area (Å²) in [5.41, 5.74) is 0.692. The van der Waals surface area contributed by atoms with Crippen LogP contribution in [0.1, 0.15) is 39.0 Å². The van der Waals surface area contributed by atoms with Gasteiger partial charge in [-0.25, -0.2) is 9.79 Å². The van der Waals surface area contributed by atoms with E-state index in [2.05, 4.69) is 18.2 Å². The Labute approximate surface area is 91.6 Å². The fraction of sp³-hybridized carbons (Fsp3) is 0.909. The van der Waals surface area contributed by atoms with Crippen molar-refractivity contribution in [2.75, 3.05) is 19.1 Å². The average Bonchev–Trinajstić information content (AvgIpc) is 2.19. The molecule has 0 unspecified atom stereocenters. The van der Waals surface area contributed by atoms with E-state index < -0.39 is 0 Å². The highest BCUT2D eigenvalue weighted by Gasteiger charge is 2.25. The van der Waals surface area contributed by atoms with Crippen molar-refractivity contribution in [1.82, 2.24) is 0 Å². The minimum absolute atomic E-state index is 0.692. The lowest BCUT2D eigenvalue weighted by molar-refractivity contribution is 0.251. The zero-order chi connectivity index (χ0) is 10.9. The molecule has 0 aromatic carbocycles. The molecule has 0 spiro atoms. The molecule has 14 heavy (non-hydrogen) atoms. The average molecular weight is 215 g/mol. The summed E-state index contributed by atoms with van der Waals surface area (Å²) in [4.78, 5) is 11.8. The van der Waals surface area contributed by atoms with Crippen LogP contribution in [-0.4, -0.2) is 25.1 Å². The van der Waals surface area contributed by atoms with Gasteiger partial charge in [0.05, 0.1) is 0 Å². The van der Waals surface area contributed by atoms with E-state index in [1.807, 2.05) is 11.8 Å². The van der Waals surface area contributed by atoms with E-state index in [0.717, 1.165) is 0 Å². The van der Waals surface area contributed by atoms with Crippen LogP contribution < -0.4 is 0 Å². The van der Waals surface area contributed by atoms with Gasteiger partial charge in [-0.1, -0.05) is 26.2 Å². The maximum absolute atomic E-state index is 8.88. The van der Waals surface area contributed by atoms with Crippen molar-refractivity contribution < 1.29 is 4.79 Å². The molecule has 0 aliphatic heterocycles. The molecule has 3 heteroatoms. The van der Waals surface area contributed by atoms with Gasteiger partial charge in [0.25, 0.3) is 0 Å². The van der Waals surface area contributed by atoms with Crippen LogP contribution in [-0.2, 0) is 4.79 Å². The Morgan fingerprint density at radius 3 is 2.21 bits per heavy atom. The predicted octanol–water partition coefficient (Wildman–Crippen LogP) is 3.27. The molecule has 2 nitrogen and oxygen atoms in total. The molecule has 0 radical (unpaired) electrons. The number of hydrogen-bond acceptors (Lipinski definition) is 3. The Morgan fingerprint density at radius 1 is 1.36 bits per heavy atom. The van der Waals surface area contributed by atoms with Crippen LogP contribution in [0, 0.1) is 5.41 Å². The largest absolute Gasteiger partial charge is 0.234 e. The van der Waals surface area contributed by atoms with Crippen LogP contribution in [0.25, 0.3) is 0 Å². The summed E-state index contributed by atoms with van der Waals surface area (Å²) < 4.78 is 0. The SMILES string of the molecule is CN=C=O.CSCC1(C)CCCCC1. The third-order valence-electron chi connectivity index (χ3n) is 2.64. The highest BCUT2D eigenvalue weighted by Crippen LogP contribution is 2.37. The Bertz CT molecular complexity index is 176. The van der Waals surface area contributed by atoms with Crippen LogP contribution in [0.4, 0.5) is 0 Å². The van der Waals surface area contributed by atoms with Crippen molar-refractivity contribution in [3.8, 4) is 0 Å². The molecule has 0 saturated heterocycles. The number of nitrogens with zero attached hydrogens (tertiary/aromatic N) is 1. The zero-order valence-electron chi connectivity index (χ0n) is 9.51. The van der Waals surface area contributed by atoms with Gasteiger partial charge < -0.3 is 0 Å². The summed E-state index contributed by atoms with van der Waals surface area (Å²) >= 11 is 2.01. The van der Waals surface area contributed by atoms with Crippen molar-refractivity contribution in [3.63, 3.8) is 0 Å². The van der Waals surface area contributed by atoms with Crippen LogP contribution in [0.2, 0.25) is 0 Å². The molecule has 1 aliphatic carbocycles. The molecule has 0 N–H and O–H groups in total. The highest BCUT2D eigenvalue weighted by atomic mass is 32.2. The molecule has 0 atom stereocenters. The number of isocyanates is 1. The van der Waals surface area contributed by atoms with E-state index >= 15 is 0 Å². The summed E-state index contributed by atoms with van der Waals surface area (Å²) in [6, 6.07) is 0. The van der Waals surface area contributed by atoms with Gasteiger partial charge >= 0.3 is 0 Å². The normalized spacial score (nSPS) is 18.8. The Hall–Kier alpha value is -0.270. The molecule has 0 bridgehead atoms. The maximum Gasteiger partial charge on any atom is 0.234 e. The molecule has 0 heterocycles. The fourth-order valence-corrected chi connectivity index (χ4v) is 2.88. The maximum atomic E-state index is 8.88. The molecule has 1 aliphatic rings. The standard InChI is InChI=1S/C9H18S.C2H3NO/c1-9(8-10-2)6-4-3-5-7-9;1-3-2-4/h3-8H2,1-2H3;1H3. The number of rotatable bonds is 2. The molecule has 0 aromatic heterocycles. The first-order valence-corrected chi connectivity index (χ1v) is 6.53. The van der Waals surface area contributed by atoms with Crippen LogP contribution >= 0.6 is 11.8 Å². The predicted molar refractivity (Wildman–Crippen MR) is 63.6 cm³/mol. The van der Waals surface area contributed by atoms with E-state index in [-0.39, 0.29) is 0 Å². The minimum Gasteiger partial charge on any atom is -0.211 e. The molecular weight excluding hydrogens is 194 g/mol. The molecule has 0 amide bonds. The Morgan fingerprint density at radius 2 is 1.86 bits per heavy atom. The third kappa shape index (κ3) is 6.22. The van der Waals surface area contributed by atoms with Gasteiger partial charge in [-0.3, -0.25) is 0 Å². The van der Waals surface area contributed by atoms with Gasteiger partial charge in [-0.05, 0) is 30.3 Å². The van der Waals surface area contributed by atoms with Gasteiger partial charge in [0, 0.05) is 7.05 Å². The zero-order valence-corrected chi connectivity index (χ0v) is 10.3. The second kappa shape index (κ2) is 8.07. The Kier molecular flexibility index (Phi) is 7.92. The van der Waals surface area contributed by atoms with E-state index in [9.17, 15) is 0 Å². The first-order chi connectivity index (χ1) is 6.68. The molecule has 0 aromatic rings. The lowest BCUT2D eigenvalue weighted by Crippen LogP contribution is -2.22. The van der Waals surface area contributed by atoms with E-state index in [0.29, 0.717) is 5.41 Å². The topological polar surface area (TPSA) is 29.4 Å². The Balaban J connectivity index is 0.000000364. The van der Waals surface area contributed by atoms with Crippen molar-refractivity contribution in [2.24, 2.45) is 10.4 Å². The summed E-state index contributed by atoms with van der Waals surface area (Å²) in [5, 5.41) is 0. The second-order valence-electron chi connectivity index (χ2n) is 4.12. The van der Waals surface area contributed by atoms with E-state index in [1.54, 1.807) is 0 Å². The summed E-state index contributed by atoms with van der Waals surface area (Å²) in [5.74, 6) is 1.37. The summed E-state index contributed by atoms with van der Waals surface area (Å²) in [6.07, 6.45) is 10.9. The van der Waals surface area contributed by atoms with Crippen LogP contribution in [0.15, 0.2) is 4.99 Å². The van der Waals surface area contributed by atoms with E-state index in [1.165, 1.54) is 51.0 Å². The lowest BCUT2D eigenvalue weighted by Gasteiger charge is -2.32. The van der Waals surface area contributed by atoms with Crippen molar-refractivity contribution in [1.29, 1.82) is 0 Å². The lowest BCUT2D eigenvalue weighted by atomic mass is 9.77. The molecule has 1 fully saturated rings. The van der Waals surface area contributed by atoms with Crippen molar-refractivity contribution >= 4 is 17.8 Å². The van der Waals surface area contributed by atoms with Crippen LogP contribution in [0.3, 0.4) is 0 Å². The van der Waals surface area contributed by atoms with Crippen LogP contribution in [0.5, 0.6) is 0 Å². The number of aliphatic imine (C=N–C) groups is 1. The smallest absolute Gasteiger partial charge is 0.211 e. The monoisotopic (exact) mass is 215 g/mol. The molecule has 82 valence electrons. The molecular formula is C11H21NOS. The van der Waals surface area contributed by atoms with Gasteiger partial charge in [0.1, 0.15) is 0 Å².